The van der Waals surface area contributed by atoms with Gasteiger partial charge in [0.05, 0.1) is 13.2 Å². The predicted octanol–water partition coefficient (Wildman–Crippen LogP) is 3.62. The number of ether oxygens (including phenoxy) is 2. The number of hydrogen-bond acceptors (Lipinski definition) is 3. The van der Waals surface area contributed by atoms with Gasteiger partial charge in [0.2, 0.25) is 0 Å². The second-order valence-corrected chi connectivity index (χ2v) is 5.24. The first kappa shape index (κ1) is 12.4. The van der Waals surface area contributed by atoms with Crippen molar-refractivity contribution < 1.29 is 9.47 Å². The van der Waals surface area contributed by atoms with Crippen molar-refractivity contribution in [3.05, 3.63) is 30.4 Å². The van der Waals surface area contributed by atoms with Gasteiger partial charge < -0.3 is 14.8 Å². The van der Waals surface area contributed by atoms with Gasteiger partial charge in [-0.3, -0.25) is 0 Å². The van der Waals surface area contributed by atoms with E-state index in [0.29, 0.717) is 0 Å². The highest BCUT2D eigenvalue weighted by Crippen LogP contribution is 2.32. The first-order chi connectivity index (χ1) is 9.42. The highest BCUT2D eigenvalue weighted by atomic mass is 16.5. The van der Waals surface area contributed by atoms with E-state index in [0.717, 1.165) is 49.3 Å². The molecular weight excluding hydrogens is 238 g/mol. The topological polar surface area (TPSA) is 30.5 Å². The molecule has 1 aromatic carbocycles. The lowest BCUT2D eigenvalue weighted by Crippen LogP contribution is -2.15. The largest absolute Gasteiger partial charge is 0.490 e. The molecule has 3 nitrogen and oxygen atoms in total. The molecule has 0 amide bonds. The molecule has 0 radical (unpaired) electrons. The maximum Gasteiger partial charge on any atom is 0.163 e. The molecule has 19 heavy (non-hydrogen) atoms. The average molecular weight is 259 g/mol. The zero-order chi connectivity index (χ0) is 12.9. The van der Waals surface area contributed by atoms with Crippen LogP contribution in [0.4, 0.5) is 5.69 Å². The molecule has 1 N–H and O–H groups in total. The summed E-state index contributed by atoms with van der Waals surface area (Å²) in [5, 5.41) is 3.52. The van der Waals surface area contributed by atoms with Gasteiger partial charge in [-0.05, 0) is 37.3 Å². The molecule has 0 saturated heterocycles. The fourth-order valence-corrected chi connectivity index (χ4v) is 2.58. The SMILES string of the molecule is C1=CCC(CNc2ccc3c(c2)OCCCO3)CC1. The maximum absolute atomic E-state index is 5.70. The quantitative estimate of drug-likeness (QED) is 0.841. The highest BCUT2D eigenvalue weighted by Gasteiger charge is 2.12. The van der Waals surface area contributed by atoms with E-state index in [9.17, 15) is 0 Å². The van der Waals surface area contributed by atoms with Crippen LogP contribution in [0.1, 0.15) is 25.7 Å². The van der Waals surface area contributed by atoms with Crippen molar-refractivity contribution in [1.29, 1.82) is 0 Å². The minimum Gasteiger partial charge on any atom is -0.490 e. The van der Waals surface area contributed by atoms with Crippen LogP contribution in [0, 0.1) is 5.92 Å². The smallest absolute Gasteiger partial charge is 0.163 e. The van der Waals surface area contributed by atoms with Gasteiger partial charge in [0.1, 0.15) is 0 Å². The van der Waals surface area contributed by atoms with E-state index in [1.165, 1.54) is 19.3 Å². The summed E-state index contributed by atoms with van der Waals surface area (Å²) < 4.78 is 11.3. The summed E-state index contributed by atoms with van der Waals surface area (Å²) in [5.41, 5.74) is 1.12. The second-order valence-electron chi connectivity index (χ2n) is 5.24. The molecule has 1 aliphatic carbocycles. The zero-order valence-corrected chi connectivity index (χ0v) is 11.2. The molecule has 1 aromatic rings. The Bertz CT molecular complexity index is 456. The minimum absolute atomic E-state index is 0.740. The van der Waals surface area contributed by atoms with Crippen LogP contribution >= 0.6 is 0 Å². The van der Waals surface area contributed by atoms with Crippen LogP contribution in [0.2, 0.25) is 0 Å². The Morgan fingerprint density at radius 2 is 2.00 bits per heavy atom. The van der Waals surface area contributed by atoms with Crippen LogP contribution in [0.3, 0.4) is 0 Å². The number of benzene rings is 1. The van der Waals surface area contributed by atoms with Crippen molar-refractivity contribution in [3.8, 4) is 11.5 Å². The molecule has 3 rings (SSSR count). The van der Waals surface area contributed by atoms with Crippen LogP contribution in [0.25, 0.3) is 0 Å². The molecular formula is C16H21NO2. The van der Waals surface area contributed by atoms with Crippen molar-refractivity contribution in [2.75, 3.05) is 25.1 Å². The Labute approximate surface area is 114 Å². The molecule has 2 aliphatic rings. The second kappa shape index (κ2) is 6.00. The van der Waals surface area contributed by atoms with Gasteiger partial charge in [-0.15, -0.1) is 0 Å². The number of fused-ring (bicyclic) bond motifs is 1. The third-order valence-electron chi connectivity index (χ3n) is 3.72. The Morgan fingerprint density at radius 1 is 1.11 bits per heavy atom. The Hall–Kier alpha value is -1.64. The summed E-state index contributed by atoms with van der Waals surface area (Å²) in [7, 11) is 0. The van der Waals surface area contributed by atoms with E-state index in [1.54, 1.807) is 0 Å². The Balaban J connectivity index is 1.61. The number of anilines is 1. The molecule has 0 fully saturated rings. The van der Waals surface area contributed by atoms with E-state index in [-0.39, 0.29) is 0 Å². The summed E-state index contributed by atoms with van der Waals surface area (Å²) in [4.78, 5) is 0. The molecule has 0 bridgehead atoms. The summed E-state index contributed by atoms with van der Waals surface area (Å²) in [5.74, 6) is 2.48. The van der Waals surface area contributed by atoms with Gasteiger partial charge in [0.25, 0.3) is 0 Å². The molecule has 3 heteroatoms. The first-order valence-electron chi connectivity index (χ1n) is 7.20. The summed E-state index contributed by atoms with van der Waals surface area (Å²) in [6, 6.07) is 6.13. The molecule has 1 unspecified atom stereocenters. The number of allylic oxidation sites excluding steroid dienone is 2. The lowest BCUT2D eigenvalue weighted by Gasteiger charge is -2.19. The monoisotopic (exact) mass is 259 g/mol. The normalized spacial score (nSPS) is 21.8. The summed E-state index contributed by atoms with van der Waals surface area (Å²) >= 11 is 0. The van der Waals surface area contributed by atoms with Crippen molar-refractivity contribution >= 4 is 5.69 Å². The molecule has 0 saturated carbocycles. The van der Waals surface area contributed by atoms with Gasteiger partial charge >= 0.3 is 0 Å². The Morgan fingerprint density at radius 3 is 2.84 bits per heavy atom. The van der Waals surface area contributed by atoms with E-state index in [2.05, 4.69) is 29.6 Å². The fourth-order valence-electron chi connectivity index (χ4n) is 2.58. The van der Waals surface area contributed by atoms with E-state index in [1.807, 2.05) is 6.07 Å². The molecule has 0 spiro atoms. The summed E-state index contributed by atoms with van der Waals surface area (Å²) in [6.07, 6.45) is 9.22. The van der Waals surface area contributed by atoms with Gasteiger partial charge in [0.15, 0.2) is 11.5 Å². The molecule has 0 aromatic heterocycles. The molecule has 1 atom stereocenters. The van der Waals surface area contributed by atoms with Crippen LogP contribution in [0.15, 0.2) is 30.4 Å². The number of hydrogen-bond donors (Lipinski definition) is 1. The third-order valence-corrected chi connectivity index (χ3v) is 3.72. The van der Waals surface area contributed by atoms with Crippen molar-refractivity contribution in [2.45, 2.75) is 25.7 Å². The van der Waals surface area contributed by atoms with Crippen molar-refractivity contribution in [1.82, 2.24) is 0 Å². The first-order valence-corrected chi connectivity index (χ1v) is 7.20. The van der Waals surface area contributed by atoms with Gasteiger partial charge in [-0.2, -0.15) is 0 Å². The van der Waals surface area contributed by atoms with Crippen LogP contribution in [0.5, 0.6) is 11.5 Å². The number of rotatable bonds is 3. The van der Waals surface area contributed by atoms with Gasteiger partial charge in [-0.1, -0.05) is 12.2 Å². The Kier molecular flexibility index (Phi) is 3.92. The zero-order valence-electron chi connectivity index (χ0n) is 11.2. The maximum atomic E-state index is 5.70. The molecule has 1 heterocycles. The van der Waals surface area contributed by atoms with Crippen LogP contribution < -0.4 is 14.8 Å². The average Bonchev–Trinajstić information content (AvgIpc) is 2.71. The van der Waals surface area contributed by atoms with Crippen molar-refractivity contribution in [2.24, 2.45) is 5.92 Å². The third kappa shape index (κ3) is 3.22. The van der Waals surface area contributed by atoms with Crippen molar-refractivity contribution in [3.63, 3.8) is 0 Å². The lowest BCUT2D eigenvalue weighted by atomic mass is 9.94. The van der Waals surface area contributed by atoms with Gasteiger partial charge in [-0.25, -0.2) is 0 Å². The van der Waals surface area contributed by atoms with Crippen LogP contribution in [-0.2, 0) is 0 Å². The lowest BCUT2D eigenvalue weighted by molar-refractivity contribution is 0.297. The molecule has 102 valence electrons. The highest BCUT2D eigenvalue weighted by molar-refractivity contribution is 5.55. The van der Waals surface area contributed by atoms with E-state index >= 15 is 0 Å². The van der Waals surface area contributed by atoms with Crippen LogP contribution in [-0.4, -0.2) is 19.8 Å². The standard InChI is InChI=1S/C16H21NO2/c1-2-5-13(6-3-1)12-17-14-7-8-15-16(11-14)19-10-4-9-18-15/h1-2,7-8,11,13,17H,3-6,9-10,12H2. The fraction of sp³-hybridized carbons (Fsp3) is 0.500. The minimum atomic E-state index is 0.740. The van der Waals surface area contributed by atoms with E-state index in [4.69, 9.17) is 9.47 Å². The molecule has 1 aliphatic heterocycles. The summed E-state index contributed by atoms with van der Waals surface area (Å²) in [6.45, 7) is 2.52. The van der Waals surface area contributed by atoms with Gasteiger partial charge in [0, 0.05) is 24.7 Å². The number of nitrogens with one attached hydrogen (secondary N) is 1. The van der Waals surface area contributed by atoms with E-state index < -0.39 is 0 Å². The predicted molar refractivity (Wildman–Crippen MR) is 77.0 cm³/mol.